The number of nitro benzene ring substituents is 1. The molecule has 104 valence electrons. The number of H-pyrrole nitrogens is 2. The quantitative estimate of drug-likeness (QED) is 0.540. The van der Waals surface area contributed by atoms with Crippen LogP contribution in [0.25, 0.3) is 22.2 Å². The van der Waals surface area contributed by atoms with E-state index in [0.29, 0.717) is 11.1 Å². The first-order chi connectivity index (χ1) is 10.1. The Hall–Kier alpha value is -3.29. The van der Waals surface area contributed by atoms with Crippen molar-refractivity contribution in [3.63, 3.8) is 0 Å². The summed E-state index contributed by atoms with van der Waals surface area (Å²) in [5.74, 6) is 0. The summed E-state index contributed by atoms with van der Waals surface area (Å²) in [4.78, 5) is 41.9. The maximum atomic E-state index is 11.9. The molecule has 0 fully saturated rings. The maximum Gasteiger partial charge on any atom is 0.327 e. The fraction of sp³-hybridized carbons (Fsp3) is 0. The Kier molecular flexibility index (Phi) is 2.83. The van der Waals surface area contributed by atoms with Crippen molar-refractivity contribution in [2.75, 3.05) is 0 Å². The number of hydrogen-bond acceptors (Lipinski definition) is 5. The Morgan fingerprint density at radius 2 is 1.76 bits per heavy atom. The molecule has 0 saturated carbocycles. The van der Waals surface area contributed by atoms with Crippen molar-refractivity contribution in [3.05, 3.63) is 67.5 Å². The van der Waals surface area contributed by atoms with E-state index in [-0.39, 0.29) is 16.7 Å². The van der Waals surface area contributed by atoms with Gasteiger partial charge in [0.1, 0.15) is 5.65 Å². The van der Waals surface area contributed by atoms with E-state index in [4.69, 9.17) is 0 Å². The van der Waals surface area contributed by atoms with Gasteiger partial charge in [0, 0.05) is 18.3 Å². The molecule has 2 N–H and O–H groups in total. The molecule has 21 heavy (non-hydrogen) atoms. The van der Waals surface area contributed by atoms with Crippen LogP contribution in [0.15, 0.2) is 46.1 Å². The van der Waals surface area contributed by atoms with Crippen LogP contribution in [0.5, 0.6) is 0 Å². The summed E-state index contributed by atoms with van der Waals surface area (Å²) >= 11 is 0. The largest absolute Gasteiger partial charge is 0.327 e. The fourth-order valence-electron chi connectivity index (χ4n) is 2.09. The number of pyridine rings is 1. The highest BCUT2D eigenvalue weighted by atomic mass is 16.6. The average molecular weight is 284 g/mol. The van der Waals surface area contributed by atoms with Crippen LogP contribution in [0.3, 0.4) is 0 Å². The Bertz CT molecular complexity index is 956. The number of aromatic amines is 2. The predicted molar refractivity (Wildman–Crippen MR) is 75.1 cm³/mol. The number of benzene rings is 1. The smallest absolute Gasteiger partial charge is 0.291 e. The van der Waals surface area contributed by atoms with E-state index in [1.165, 1.54) is 30.5 Å². The van der Waals surface area contributed by atoms with E-state index in [9.17, 15) is 19.7 Å². The van der Waals surface area contributed by atoms with Crippen LogP contribution < -0.4 is 11.2 Å². The van der Waals surface area contributed by atoms with Gasteiger partial charge in [-0.05, 0) is 29.3 Å². The van der Waals surface area contributed by atoms with Crippen LogP contribution >= 0.6 is 0 Å². The molecule has 0 unspecified atom stereocenters. The summed E-state index contributed by atoms with van der Waals surface area (Å²) in [5, 5.41) is 10.9. The minimum absolute atomic E-state index is 0.0422. The molecular formula is C13H8N4O4. The second-order valence-corrected chi connectivity index (χ2v) is 4.29. The Balaban J connectivity index is 2.28. The number of non-ortho nitro benzene ring substituents is 1. The van der Waals surface area contributed by atoms with Gasteiger partial charge in [0.05, 0.1) is 10.3 Å². The van der Waals surface area contributed by atoms with Gasteiger partial charge in [-0.1, -0.05) is 0 Å². The molecule has 0 aliphatic heterocycles. The van der Waals surface area contributed by atoms with Gasteiger partial charge in [0.15, 0.2) is 0 Å². The Morgan fingerprint density at radius 3 is 2.43 bits per heavy atom. The van der Waals surface area contributed by atoms with Gasteiger partial charge in [0.25, 0.3) is 11.2 Å². The van der Waals surface area contributed by atoms with E-state index >= 15 is 0 Å². The monoisotopic (exact) mass is 284 g/mol. The molecule has 0 aliphatic carbocycles. The SMILES string of the molecule is O=c1[nH]c(=O)c2c(-c3ccc([N+](=O)[O-])cc3)ccnc2[nH]1. The summed E-state index contributed by atoms with van der Waals surface area (Å²) < 4.78 is 0. The zero-order chi connectivity index (χ0) is 15.0. The molecule has 0 bridgehead atoms. The second kappa shape index (κ2) is 4.67. The molecule has 0 atom stereocenters. The van der Waals surface area contributed by atoms with Crippen LogP contribution in [-0.4, -0.2) is 19.9 Å². The van der Waals surface area contributed by atoms with E-state index in [0.717, 1.165) is 0 Å². The lowest BCUT2D eigenvalue weighted by Crippen LogP contribution is -2.22. The van der Waals surface area contributed by atoms with Gasteiger partial charge in [-0.15, -0.1) is 0 Å². The lowest BCUT2D eigenvalue weighted by molar-refractivity contribution is -0.384. The molecule has 2 aromatic heterocycles. The highest BCUT2D eigenvalue weighted by Gasteiger charge is 2.11. The van der Waals surface area contributed by atoms with Crippen molar-refractivity contribution in [3.8, 4) is 11.1 Å². The predicted octanol–water partition coefficient (Wildman–Crippen LogP) is 1.19. The minimum atomic E-state index is -0.638. The van der Waals surface area contributed by atoms with Crippen molar-refractivity contribution in [2.45, 2.75) is 0 Å². The standard InChI is InChI=1S/C13H8N4O4/c18-12-10-9(5-6-14-11(10)15-13(19)16-12)7-1-3-8(4-2-7)17(20)21/h1-6H,(H2,14,15,16,18,19). The lowest BCUT2D eigenvalue weighted by atomic mass is 10.0. The fourth-order valence-corrected chi connectivity index (χ4v) is 2.09. The van der Waals surface area contributed by atoms with E-state index in [2.05, 4.69) is 15.0 Å². The Morgan fingerprint density at radius 1 is 1.05 bits per heavy atom. The van der Waals surface area contributed by atoms with Gasteiger partial charge < -0.3 is 0 Å². The number of nitrogens with zero attached hydrogens (tertiary/aromatic N) is 2. The third-order valence-corrected chi connectivity index (χ3v) is 3.03. The molecule has 2 heterocycles. The number of rotatable bonds is 2. The zero-order valence-electron chi connectivity index (χ0n) is 10.5. The van der Waals surface area contributed by atoms with Crippen molar-refractivity contribution in [1.29, 1.82) is 0 Å². The summed E-state index contributed by atoms with van der Waals surface area (Å²) in [7, 11) is 0. The lowest BCUT2D eigenvalue weighted by Gasteiger charge is -2.04. The van der Waals surface area contributed by atoms with E-state index < -0.39 is 16.2 Å². The topological polar surface area (TPSA) is 122 Å². The maximum absolute atomic E-state index is 11.9. The van der Waals surface area contributed by atoms with Crippen LogP contribution in [0.2, 0.25) is 0 Å². The number of nitrogens with one attached hydrogen (secondary N) is 2. The summed E-state index contributed by atoms with van der Waals surface area (Å²) in [6.45, 7) is 0. The van der Waals surface area contributed by atoms with Gasteiger partial charge >= 0.3 is 5.69 Å². The first-order valence-corrected chi connectivity index (χ1v) is 5.92. The normalized spacial score (nSPS) is 10.7. The molecule has 3 aromatic rings. The van der Waals surface area contributed by atoms with Crippen molar-refractivity contribution < 1.29 is 4.92 Å². The summed E-state index contributed by atoms with van der Waals surface area (Å²) in [5.41, 5.74) is 0.0769. The first kappa shape index (κ1) is 12.7. The summed E-state index contributed by atoms with van der Waals surface area (Å²) in [6, 6.07) is 7.38. The molecule has 8 nitrogen and oxygen atoms in total. The third-order valence-electron chi connectivity index (χ3n) is 3.03. The van der Waals surface area contributed by atoms with Crippen LogP contribution in [0.1, 0.15) is 0 Å². The number of aromatic nitrogens is 3. The number of fused-ring (bicyclic) bond motifs is 1. The third kappa shape index (κ3) is 2.18. The average Bonchev–Trinajstić information content (AvgIpc) is 2.46. The van der Waals surface area contributed by atoms with Gasteiger partial charge in [0.2, 0.25) is 0 Å². The molecule has 0 saturated heterocycles. The molecule has 3 rings (SSSR count). The van der Waals surface area contributed by atoms with Gasteiger partial charge in [-0.25, -0.2) is 9.78 Å². The van der Waals surface area contributed by atoms with Crippen molar-refractivity contribution >= 4 is 16.7 Å². The first-order valence-electron chi connectivity index (χ1n) is 5.92. The minimum Gasteiger partial charge on any atom is -0.291 e. The molecule has 0 radical (unpaired) electrons. The number of hydrogen-bond donors (Lipinski definition) is 2. The molecule has 0 aliphatic rings. The second-order valence-electron chi connectivity index (χ2n) is 4.29. The van der Waals surface area contributed by atoms with Crippen molar-refractivity contribution in [2.24, 2.45) is 0 Å². The number of nitro groups is 1. The van der Waals surface area contributed by atoms with Crippen molar-refractivity contribution in [1.82, 2.24) is 15.0 Å². The van der Waals surface area contributed by atoms with Crippen LogP contribution in [0.4, 0.5) is 5.69 Å². The van der Waals surface area contributed by atoms with Gasteiger partial charge in [-0.2, -0.15) is 0 Å². The van der Waals surface area contributed by atoms with Crippen LogP contribution in [-0.2, 0) is 0 Å². The zero-order valence-corrected chi connectivity index (χ0v) is 10.5. The van der Waals surface area contributed by atoms with E-state index in [1.807, 2.05) is 0 Å². The molecule has 0 amide bonds. The van der Waals surface area contributed by atoms with Crippen LogP contribution in [0, 0.1) is 10.1 Å². The Labute approximate surface area is 116 Å². The highest BCUT2D eigenvalue weighted by Crippen LogP contribution is 2.25. The summed E-state index contributed by atoms with van der Waals surface area (Å²) in [6.07, 6.45) is 1.45. The molecule has 1 aromatic carbocycles. The molecule has 8 heteroatoms. The van der Waals surface area contributed by atoms with Gasteiger partial charge in [-0.3, -0.25) is 24.9 Å². The highest BCUT2D eigenvalue weighted by molar-refractivity contribution is 5.91. The molecular weight excluding hydrogens is 276 g/mol. The van der Waals surface area contributed by atoms with E-state index in [1.54, 1.807) is 6.07 Å². The molecule has 0 spiro atoms.